The van der Waals surface area contributed by atoms with Crippen molar-refractivity contribution in [2.24, 2.45) is 0 Å². The lowest BCUT2D eigenvalue weighted by molar-refractivity contribution is -0.136. The van der Waals surface area contributed by atoms with E-state index in [2.05, 4.69) is 0 Å². The van der Waals surface area contributed by atoms with Crippen molar-refractivity contribution in [2.75, 3.05) is 20.3 Å². The van der Waals surface area contributed by atoms with Crippen LogP contribution in [0.3, 0.4) is 0 Å². The molecule has 0 bridgehead atoms. The molecule has 0 aliphatic heterocycles. The SMILES string of the molecule is COC(C)CCC(=O)N(CCO)C1CCC1. The van der Waals surface area contributed by atoms with Gasteiger partial charge in [-0.3, -0.25) is 4.79 Å². The van der Waals surface area contributed by atoms with Crippen LogP contribution in [0, 0.1) is 0 Å². The third-order valence-corrected chi connectivity index (χ3v) is 3.34. The molecule has 94 valence electrons. The highest BCUT2D eigenvalue weighted by Gasteiger charge is 2.27. The van der Waals surface area contributed by atoms with Crippen molar-refractivity contribution in [3.8, 4) is 0 Å². The molecule has 0 aromatic heterocycles. The molecule has 1 aliphatic carbocycles. The number of carbonyl (C=O) groups is 1. The summed E-state index contributed by atoms with van der Waals surface area (Å²) in [5.41, 5.74) is 0. The van der Waals surface area contributed by atoms with Crippen LogP contribution >= 0.6 is 0 Å². The maximum absolute atomic E-state index is 11.9. The minimum Gasteiger partial charge on any atom is -0.395 e. The van der Waals surface area contributed by atoms with Gasteiger partial charge in [-0.1, -0.05) is 0 Å². The van der Waals surface area contributed by atoms with Gasteiger partial charge in [-0.05, 0) is 32.6 Å². The first-order valence-electron chi connectivity index (χ1n) is 6.12. The van der Waals surface area contributed by atoms with Gasteiger partial charge in [0.05, 0.1) is 12.7 Å². The maximum atomic E-state index is 11.9. The molecule has 1 atom stereocenters. The van der Waals surface area contributed by atoms with Gasteiger partial charge >= 0.3 is 0 Å². The van der Waals surface area contributed by atoms with Gasteiger partial charge in [0.15, 0.2) is 0 Å². The Balaban J connectivity index is 2.34. The minimum atomic E-state index is 0.0576. The van der Waals surface area contributed by atoms with Crippen molar-refractivity contribution in [1.29, 1.82) is 0 Å². The third kappa shape index (κ3) is 3.76. The Bertz CT molecular complexity index is 216. The molecule has 1 saturated carbocycles. The van der Waals surface area contributed by atoms with Crippen molar-refractivity contribution < 1.29 is 14.6 Å². The van der Waals surface area contributed by atoms with Crippen LogP contribution < -0.4 is 0 Å². The number of rotatable bonds is 7. The second kappa shape index (κ2) is 6.86. The fourth-order valence-corrected chi connectivity index (χ4v) is 1.91. The van der Waals surface area contributed by atoms with E-state index in [1.165, 1.54) is 6.42 Å². The van der Waals surface area contributed by atoms with Gasteiger partial charge in [-0.15, -0.1) is 0 Å². The summed E-state index contributed by atoms with van der Waals surface area (Å²) in [5, 5.41) is 8.96. The summed E-state index contributed by atoms with van der Waals surface area (Å²) in [4.78, 5) is 13.8. The van der Waals surface area contributed by atoms with E-state index >= 15 is 0 Å². The van der Waals surface area contributed by atoms with Crippen molar-refractivity contribution in [2.45, 2.75) is 51.2 Å². The topological polar surface area (TPSA) is 49.8 Å². The smallest absolute Gasteiger partial charge is 0.222 e. The van der Waals surface area contributed by atoms with E-state index in [-0.39, 0.29) is 18.6 Å². The summed E-state index contributed by atoms with van der Waals surface area (Å²) >= 11 is 0. The van der Waals surface area contributed by atoms with Crippen LogP contribution in [0.1, 0.15) is 39.0 Å². The minimum absolute atomic E-state index is 0.0576. The molecule has 4 nitrogen and oxygen atoms in total. The van der Waals surface area contributed by atoms with Crippen LogP contribution in [0.5, 0.6) is 0 Å². The quantitative estimate of drug-likeness (QED) is 0.713. The van der Waals surface area contributed by atoms with Crippen LogP contribution in [0.4, 0.5) is 0 Å². The van der Waals surface area contributed by atoms with Crippen molar-refractivity contribution in [3.05, 3.63) is 0 Å². The zero-order valence-electron chi connectivity index (χ0n) is 10.3. The lowest BCUT2D eigenvalue weighted by atomic mass is 9.91. The Morgan fingerprint density at radius 2 is 2.25 bits per heavy atom. The molecule has 1 unspecified atom stereocenters. The average molecular weight is 229 g/mol. The molecule has 0 saturated heterocycles. The van der Waals surface area contributed by atoms with Crippen LogP contribution in [0.2, 0.25) is 0 Å². The van der Waals surface area contributed by atoms with E-state index in [9.17, 15) is 4.79 Å². The van der Waals surface area contributed by atoms with Gasteiger partial charge in [0.1, 0.15) is 0 Å². The van der Waals surface area contributed by atoms with E-state index in [0.29, 0.717) is 19.0 Å². The zero-order valence-corrected chi connectivity index (χ0v) is 10.3. The second-order valence-electron chi connectivity index (χ2n) is 4.48. The Morgan fingerprint density at radius 1 is 1.56 bits per heavy atom. The predicted octanol–water partition coefficient (Wildman–Crippen LogP) is 1.17. The number of ether oxygens (including phenoxy) is 1. The Kier molecular flexibility index (Phi) is 5.77. The van der Waals surface area contributed by atoms with Crippen LogP contribution in [0.15, 0.2) is 0 Å². The van der Waals surface area contributed by atoms with Gasteiger partial charge in [-0.25, -0.2) is 0 Å². The van der Waals surface area contributed by atoms with E-state index < -0.39 is 0 Å². The number of hydrogen-bond acceptors (Lipinski definition) is 3. The second-order valence-corrected chi connectivity index (χ2v) is 4.48. The van der Waals surface area contributed by atoms with Crippen LogP contribution in [-0.4, -0.2) is 48.3 Å². The van der Waals surface area contributed by atoms with E-state index in [4.69, 9.17) is 9.84 Å². The summed E-state index contributed by atoms with van der Waals surface area (Å²) in [6, 6.07) is 0.373. The number of hydrogen-bond donors (Lipinski definition) is 1. The maximum Gasteiger partial charge on any atom is 0.222 e. The lowest BCUT2D eigenvalue weighted by Crippen LogP contribution is -2.45. The Labute approximate surface area is 97.6 Å². The molecule has 1 fully saturated rings. The number of nitrogens with zero attached hydrogens (tertiary/aromatic N) is 1. The van der Waals surface area contributed by atoms with Crippen molar-refractivity contribution >= 4 is 5.91 Å². The molecule has 1 N–H and O–H groups in total. The van der Waals surface area contributed by atoms with Gasteiger partial charge in [0.2, 0.25) is 5.91 Å². The molecule has 1 amide bonds. The fraction of sp³-hybridized carbons (Fsp3) is 0.917. The molecular weight excluding hydrogens is 206 g/mol. The normalized spacial score (nSPS) is 17.9. The largest absolute Gasteiger partial charge is 0.395 e. The predicted molar refractivity (Wildman–Crippen MR) is 62.1 cm³/mol. The van der Waals surface area contributed by atoms with Crippen LogP contribution in [0.25, 0.3) is 0 Å². The first-order chi connectivity index (χ1) is 7.69. The summed E-state index contributed by atoms with van der Waals surface area (Å²) in [6.07, 6.45) is 4.78. The highest BCUT2D eigenvalue weighted by Crippen LogP contribution is 2.25. The number of carbonyl (C=O) groups excluding carboxylic acids is 1. The van der Waals surface area contributed by atoms with E-state index in [1.54, 1.807) is 7.11 Å². The molecular formula is C12H23NO3. The number of amides is 1. The van der Waals surface area contributed by atoms with Crippen molar-refractivity contribution in [3.63, 3.8) is 0 Å². The summed E-state index contributed by atoms with van der Waals surface area (Å²) in [7, 11) is 1.66. The molecule has 0 spiro atoms. The average Bonchev–Trinajstić information content (AvgIpc) is 2.22. The van der Waals surface area contributed by atoms with Gasteiger partial charge in [0, 0.05) is 26.1 Å². The van der Waals surface area contributed by atoms with E-state index in [0.717, 1.165) is 19.3 Å². The molecule has 0 aromatic carbocycles. The highest BCUT2D eigenvalue weighted by atomic mass is 16.5. The number of methoxy groups -OCH3 is 1. The van der Waals surface area contributed by atoms with Gasteiger partial charge in [-0.2, -0.15) is 0 Å². The summed E-state index contributed by atoms with van der Waals surface area (Å²) in [6.45, 7) is 2.50. The monoisotopic (exact) mass is 229 g/mol. The molecule has 16 heavy (non-hydrogen) atoms. The fourth-order valence-electron chi connectivity index (χ4n) is 1.91. The van der Waals surface area contributed by atoms with E-state index in [1.807, 2.05) is 11.8 Å². The molecule has 0 aromatic rings. The van der Waals surface area contributed by atoms with Gasteiger partial charge in [0.25, 0.3) is 0 Å². The van der Waals surface area contributed by atoms with Crippen molar-refractivity contribution in [1.82, 2.24) is 4.90 Å². The van der Waals surface area contributed by atoms with Crippen LogP contribution in [-0.2, 0) is 9.53 Å². The molecule has 4 heteroatoms. The first kappa shape index (κ1) is 13.5. The zero-order chi connectivity index (χ0) is 12.0. The molecule has 1 aliphatic rings. The number of aliphatic hydroxyl groups excluding tert-OH is 1. The number of aliphatic hydroxyl groups is 1. The lowest BCUT2D eigenvalue weighted by Gasteiger charge is -2.37. The van der Waals surface area contributed by atoms with Gasteiger partial charge < -0.3 is 14.7 Å². The third-order valence-electron chi connectivity index (χ3n) is 3.34. The molecule has 0 radical (unpaired) electrons. The summed E-state index contributed by atoms with van der Waals surface area (Å²) in [5.74, 6) is 0.155. The Morgan fingerprint density at radius 3 is 2.69 bits per heavy atom. The highest BCUT2D eigenvalue weighted by molar-refractivity contribution is 5.76. The molecule has 1 rings (SSSR count). The Hall–Kier alpha value is -0.610. The first-order valence-corrected chi connectivity index (χ1v) is 6.12. The molecule has 0 heterocycles. The standard InChI is InChI=1S/C12H23NO3/c1-10(16-2)6-7-12(15)13(8-9-14)11-4-3-5-11/h10-11,14H,3-9H2,1-2H3. The summed E-state index contributed by atoms with van der Waals surface area (Å²) < 4.78 is 5.12.